The lowest BCUT2D eigenvalue weighted by molar-refractivity contribution is 0.391. The minimum Gasteiger partial charge on any atom is -0.449 e. The molecule has 0 radical (unpaired) electrons. The molecular formula is C16H19N5O2. The highest BCUT2D eigenvalue weighted by molar-refractivity contribution is 5.36. The van der Waals surface area contributed by atoms with Crippen LogP contribution in [-0.4, -0.2) is 28.7 Å². The largest absolute Gasteiger partial charge is 0.449 e. The van der Waals surface area contributed by atoms with Crippen molar-refractivity contribution in [3.63, 3.8) is 0 Å². The van der Waals surface area contributed by atoms with Crippen LogP contribution in [0.25, 0.3) is 0 Å². The number of nitrogens with zero attached hydrogens (tertiary/aromatic N) is 4. The van der Waals surface area contributed by atoms with Crippen molar-refractivity contribution in [2.24, 2.45) is 7.05 Å². The van der Waals surface area contributed by atoms with Crippen LogP contribution >= 0.6 is 0 Å². The zero-order chi connectivity index (χ0) is 16.2. The third-order valence-electron chi connectivity index (χ3n) is 4.06. The zero-order valence-electron chi connectivity index (χ0n) is 13.0. The van der Waals surface area contributed by atoms with E-state index >= 15 is 0 Å². The van der Waals surface area contributed by atoms with Gasteiger partial charge in [0.25, 0.3) is 5.56 Å². The number of aromatic nitrogens is 2. The molecule has 1 atom stereocenters. The number of rotatable bonds is 4. The number of nitrogens with one attached hydrogen (secondary N) is 1. The molecule has 2 aromatic heterocycles. The van der Waals surface area contributed by atoms with Gasteiger partial charge in [-0.1, -0.05) is 0 Å². The molecule has 3 heterocycles. The van der Waals surface area contributed by atoms with Gasteiger partial charge in [-0.15, -0.1) is 0 Å². The van der Waals surface area contributed by atoms with Gasteiger partial charge in [0.1, 0.15) is 11.8 Å². The summed E-state index contributed by atoms with van der Waals surface area (Å²) in [7, 11) is 1.73. The van der Waals surface area contributed by atoms with Crippen LogP contribution in [0.1, 0.15) is 24.4 Å². The standard InChI is InChI=1S/C16H19N5O2/c1-20-8-6-18-15(16(20)22)21-7-2-3-12(11-21)19-10-14-5-4-13(9-17)23-14/h4-6,8,12,19H,2-3,7,10-11H2,1H3/t12-/m0/s1. The molecule has 0 bridgehead atoms. The number of hydrogen-bond donors (Lipinski definition) is 1. The molecule has 0 aliphatic carbocycles. The molecule has 1 saturated heterocycles. The zero-order valence-corrected chi connectivity index (χ0v) is 13.0. The number of anilines is 1. The Morgan fingerprint density at radius 1 is 1.52 bits per heavy atom. The topological polar surface area (TPSA) is 87.1 Å². The average Bonchev–Trinajstić information content (AvgIpc) is 3.04. The first-order valence-electron chi connectivity index (χ1n) is 7.66. The van der Waals surface area contributed by atoms with E-state index < -0.39 is 0 Å². The van der Waals surface area contributed by atoms with E-state index in [2.05, 4.69) is 10.3 Å². The number of aryl methyl sites for hydroxylation is 1. The highest BCUT2D eigenvalue weighted by atomic mass is 16.3. The second-order valence-corrected chi connectivity index (χ2v) is 5.71. The Balaban J connectivity index is 1.63. The monoisotopic (exact) mass is 313 g/mol. The van der Waals surface area contributed by atoms with Crippen molar-refractivity contribution in [3.05, 3.63) is 46.4 Å². The van der Waals surface area contributed by atoms with Crippen molar-refractivity contribution in [2.45, 2.75) is 25.4 Å². The first-order valence-corrected chi connectivity index (χ1v) is 7.66. The van der Waals surface area contributed by atoms with Crippen LogP contribution in [0.5, 0.6) is 0 Å². The highest BCUT2D eigenvalue weighted by Gasteiger charge is 2.22. The van der Waals surface area contributed by atoms with Crippen LogP contribution in [0.4, 0.5) is 5.82 Å². The molecule has 1 aliphatic heterocycles. The van der Waals surface area contributed by atoms with Crippen LogP contribution in [-0.2, 0) is 13.6 Å². The molecule has 7 heteroatoms. The van der Waals surface area contributed by atoms with Crippen molar-refractivity contribution in [2.75, 3.05) is 18.0 Å². The number of furan rings is 1. The van der Waals surface area contributed by atoms with E-state index in [1.54, 1.807) is 36.1 Å². The molecule has 0 spiro atoms. The Labute approximate surface area is 134 Å². The van der Waals surface area contributed by atoms with Crippen LogP contribution < -0.4 is 15.8 Å². The lowest BCUT2D eigenvalue weighted by Gasteiger charge is -2.33. The fourth-order valence-electron chi connectivity index (χ4n) is 2.82. The molecular weight excluding hydrogens is 294 g/mol. The third kappa shape index (κ3) is 3.43. The summed E-state index contributed by atoms with van der Waals surface area (Å²) in [4.78, 5) is 18.5. The van der Waals surface area contributed by atoms with Crippen LogP contribution in [0.2, 0.25) is 0 Å². The molecule has 1 fully saturated rings. The summed E-state index contributed by atoms with van der Waals surface area (Å²) in [6, 6.07) is 5.71. The van der Waals surface area contributed by atoms with E-state index in [9.17, 15) is 4.79 Å². The first-order chi connectivity index (χ1) is 11.2. The van der Waals surface area contributed by atoms with Crippen molar-refractivity contribution in [1.82, 2.24) is 14.9 Å². The van der Waals surface area contributed by atoms with Crippen molar-refractivity contribution < 1.29 is 4.42 Å². The van der Waals surface area contributed by atoms with Gasteiger partial charge in [-0.05, 0) is 25.0 Å². The van der Waals surface area contributed by atoms with Gasteiger partial charge >= 0.3 is 0 Å². The number of hydrogen-bond acceptors (Lipinski definition) is 6. The first kappa shape index (κ1) is 15.3. The maximum Gasteiger partial charge on any atom is 0.293 e. The molecule has 2 aromatic rings. The van der Waals surface area contributed by atoms with E-state index in [1.165, 1.54) is 0 Å². The summed E-state index contributed by atoms with van der Waals surface area (Å²) in [6.45, 7) is 2.14. The lowest BCUT2D eigenvalue weighted by Crippen LogP contribution is -2.47. The molecule has 1 N–H and O–H groups in total. The maximum atomic E-state index is 12.2. The fourth-order valence-corrected chi connectivity index (χ4v) is 2.82. The van der Waals surface area contributed by atoms with Gasteiger partial charge in [0.15, 0.2) is 5.82 Å². The molecule has 23 heavy (non-hydrogen) atoms. The summed E-state index contributed by atoms with van der Waals surface area (Å²) >= 11 is 0. The fraction of sp³-hybridized carbons (Fsp3) is 0.438. The number of nitriles is 1. The van der Waals surface area contributed by atoms with E-state index in [0.717, 1.165) is 31.7 Å². The second-order valence-electron chi connectivity index (χ2n) is 5.71. The van der Waals surface area contributed by atoms with Crippen molar-refractivity contribution in [3.8, 4) is 6.07 Å². The lowest BCUT2D eigenvalue weighted by atomic mass is 10.1. The van der Waals surface area contributed by atoms with Gasteiger partial charge in [-0.3, -0.25) is 4.79 Å². The molecule has 0 saturated carbocycles. The molecule has 3 rings (SSSR count). The van der Waals surface area contributed by atoms with Gasteiger partial charge in [-0.25, -0.2) is 4.98 Å². The molecule has 0 unspecified atom stereocenters. The van der Waals surface area contributed by atoms with Crippen LogP contribution in [0.3, 0.4) is 0 Å². The summed E-state index contributed by atoms with van der Waals surface area (Å²) in [6.07, 6.45) is 5.35. The molecule has 0 aromatic carbocycles. The van der Waals surface area contributed by atoms with Gasteiger partial charge < -0.3 is 19.2 Å². The molecule has 0 amide bonds. The van der Waals surface area contributed by atoms with Crippen molar-refractivity contribution in [1.29, 1.82) is 5.26 Å². The Hall–Kier alpha value is -2.59. The quantitative estimate of drug-likeness (QED) is 0.906. The smallest absolute Gasteiger partial charge is 0.293 e. The molecule has 120 valence electrons. The van der Waals surface area contributed by atoms with Gasteiger partial charge in [0.2, 0.25) is 5.76 Å². The van der Waals surface area contributed by atoms with Crippen LogP contribution in [0.15, 0.2) is 33.7 Å². The van der Waals surface area contributed by atoms with Crippen LogP contribution in [0, 0.1) is 11.3 Å². The maximum absolute atomic E-state index is 12.2. The summed E-state index contributed by atoms with van der Waals surface area (Å²) < 4.78 is 6.91. The summed E-state index contributed by atoms with van der Waals surface area (Å²) in [5.41, 5.74) is -0.0714. The second kappa shape index (κ2) is 6.67. The van der Waals surface area contributed by atoms with Gasteiger partial charge in [0, 0.05) is 38.6 Å². The van der Waals surface area contributed by atoms with Crippen molar-refractivity contribution >= 4 is 5.82 Å². The third-order valence-corrected chi connectivity index (χ3v) is 4.06. The molecule has 7 nitrogen and oxygen atoms in total. The normalized spacial score (nSPS) is 17.9. The minimum absolute atomic E-state index is 0.0714. The predicted molar refractivity (Wildman–Crippen MR) is 85.0 cm³/mol. The van der Waals surface area contributed by atoms with E-state index in [1.807, 2.05) is 11.0 Å². The van der Waals surface area contributed by atoms with Gasteiger partial charge in [0.05, 0.1) is 6.54 Å². The SMILES string of the molecule is Cn1ccnc(N2CCC[C@H](NCc3ccc(C#N)o3)C2)c1=O. The summed E-state index contributed by atoms with van der Waals surface area (Å²) in [5.74, 6) is 1.57. The van der Waals surface area contributed by atoms with E-state index in [4.69, 9.17) is 9.68 Å². The molecule has 1 aliphatic rings. The number of piperidine rings is 1. The summed E-state index contributed by atoms with van der Waals surface area (Å²) in [5, 5.41) is 12.2. The van der Waals surface area contributed by atoms with E-state index in [-0.39, 0.29) is 11.6 Å². The average molecular weight is 313 g/mol. The highest BCUT2D eigenvalue weighted by Crippen LogP contribution is 2.15. The predicted octanol–water partition coefficient (Wildman–Crippen LogP) is 1.00. The Kier molecular flexibility index (Phi) is 4.44. The Morgan fingerprint density at radius 3 is 3.17 bits per heavy atom. The van der Waals surface area contributed by atoms with E-state index in [0.29, 0.717) is 18.1 Å². The minimum atomic E-state index is -0.0714. The van der Waals surface area contributed by atoms with Gasteiger partial charge in [-0.2, -0.15) is 5.26 Å². The Bertz CT molecular complexity index is 773. The Morgan fingerprint density at radius 2 is 2.39 bits per heavy atom.